The van der Waals surface area contributed by atoms with Crippen LogP contribution in [0.5, 0.6) is 0 Å². The Morgan fingerprint density at radius 3 is 2.46 bits per heavy atom. The molecule has 0 fully saturated rings. The molecule has 0 aromatic heterocycles. The van der Waals surface area contributed by atoms with Crippen molar-refractivity contribution in [3.05, 3.63) is 70.3 Å². The van der Waals surface area contributed by atoms with Crippen LogP contribution in [0.2, 0.25) is 0 Å². The summed E-state index contributed by atoms with van der Waals surface area (Å²) in [5.74, 6) is -0.781. The van der Waals surface area contributed by atoms with Gasteiger partial charge < -0.3 is 4.90 Å². The molecule has 0 unspecified atom stereocenters. The van der Waals surface area contributed by atoms with Crippen LogP contribution in [0.1, 0.15) is 42.2 Å². The van der Waals surface area contributed by atoms with Crippen molar-refractivity contribution in [2.45, 2.75) is 13.0 Å². The number of nitrogens with zero attached hydrogens (tertiary/aromatic N) is 2. The fourth-order valence-electron chi connectivity index (χ4n) is 3.35. The summed E-state index contributed by atoms with van der Waals surface area (Å²) in [6.45, 7) is 1.22. The molecule has 3 amide bonds. The smallest absolute Gasteiger partial charge is 0.261 e. The molecule has 0 radical (unpaired) electrons. The maximum absolute atomic E-state index is 12.8. The van der Waals surface area contributed by atoms with Crippen LogP contribution in [-0.4, -0.2) is 41.1 Å². The van der Waals surface area contributed by atoms with Crippen molar-refractivity contribution in [2.75, 3.05) is 13.6 Å². The summed E-state index contributed by atoms with van der Waals surface area (Å²) < 4.78 is 0. The molecule has 2 heterocycles. The highest BCUT2D eigenvalue weighted by atomic mass is 16.2. The molecule has 120 valence electrons. The van der Waals surface area contributed by atoms with Gasteiger partial charge in [0.15, 0.2) is 0 Å². The Balaban J connectivity index is 1.63. The topological polar surface area (TPSA) is 57.7 Å². The predicted octanol–water partition coefficient (Wildman–Crippen LogP) is 2.11. The fraction of sp³-hybridized carbons (Fsp3) is 0.211. The van der Waals surface area contributed by atoms with Gasteiger partial charge in [-0.3, -0.25) is 19.3 Å². The molecule has 2 aliphatic heterocycles. The van der Waals surface area contributed by atoms with Gasteiger partial charge in [-0.15, -0.1) is 0 Å². The predicted molar refractivity (Wildman–Crippen MR) is 87.8 cm³/mol. The molecular formula is C19H16N2O3. The molecule has 0 saturated carbocycles. The quantitative estimate of drug-likeness (QED) is 0.756. The first-order valence-corrected chi connectivity index (χ1v) is 7.89. The van der Waals surface area contributed by atoms with E-state index in [1.165, 1.54) is 12.6 Å². The largest absolute Gasteiger partial charge is 0.334 e. The van der Waals surface area contributed by atoms with E-state index in [0.29, 0.717) is 29.8 Å². The molecule has 2 aromatic carbocycles. The van der Waals surface area contributed by atoms with Crippen LogP contribution >= 0.6 is 0 Å². The highest BCUT2D eigenvalue weighted by molar-refractivity contribution is 6.21. The van der Waals surface area contributed by atoms with Crippen molar-refractivity contribution in [3.8, 4) is 0 Å². The molecule has 0 bridgehead atoms. The maximum atomic E-state index is 12.8. The van der Waals surface area contributed by atoms with Gasteiger partial charge in [0.05, 0.1) is 11.1 Å². The Morgan fingerprint density at radius 1 is 0.958 bits per heavy atom. The third kappa shape index (κ3) is 2.12. The minimum Gasteiger partial charge on any atom is -0.334 e. The van der Waals surface area contributed by atoms with Crippen molar-refractivity contribution < 1.29 is 14.4 Å². The highest BCUT2D eigenvalue weighted by Crippen LogP contribution is 2.25. The Morgan fingerprint density at radius 2 is 1.67 bits per heavy atom. The second kappa shape index (κ2) is 5.30. The minimum absolute atomic E-state index is 0.109. The lowest BCUT2D eigenvalue weighted by atomic mass is 9.98. The molecule has 2 aromatic rings. The zero-order valence-corrected chi connectivity index (χ0v) is 13.3. The van der Waals surface area contributed by atoms with Crippen LogP contribution < -0.4 is 0 Å². The first kappa shape index (κ1) is 14.6. The van der Waals surface area contributed by atoms with Gasteiger partial charge in [0.25, 0.3) is 17.7 Å². The summed E-state index contributed by atoms with van der Waals surface area (Å²) in [7, 11) is 1.45. The number of carbonyl (C=O) groups excluding carboxylic acids is 3. The molecule has 0 aliphatic carbocycles. The molecule has 5 nitrogen and oxygen atoms in total. The van der Waals surface area contributed by atoms with Crippen LogP contribution in [0.4, 0.5) is 0 Å². The van der Waals surface area contributed by atoms with E-state index in [4.69, 9.17) is 0 Å². The number of fused-ring (bicyclic) bond motifs is 2. The van der Waals surface area contributed by atoms with Crippen LogP contribution in [0.3, 0.4) is 0 Å². The van der Waals surface area contributed by atoms with Crippen LogP contribution in [-0.2, 0) is 13.0 Å². The van der Waals surface area contributed by atoms with Crippen molar-refractivity contribution in [2.24, 2.45) is 0 Å². The summed E-state index contributed by atoms with van der Waals surface area (Å²) in [6, 6.07) is 12.9. The molecule has 5 heteroatoms. The zero-order chi connectivity index (χ0) is 16.8. The molecule has 24 heavy (non-hydrogen) atoms. The van der Waals surface area contributed by atoms with E-state index in [2.05, 4.69) is 6.07 Å². The summed E-state index contributed by atoms with van der Waals surface area (Å²) in [4.78, 5) is 39.7. The Labute approximate surface area is 139 Å². The lowest BCUT2D eigenvalue weighted by molar-refractivity contribution is 0.0692. The van der Waals surface area contributed by atoms with Crippen molar-refractivity contribution in [1.29, 1.82) is 0 Å². The average Bonchev–Trinajstić information content (AvgIpc) is 2.84. The van der Waals surface area contributed by atoms with E-state index >= 15 is 0 Å². The average molecular weight is 320 g/mol. The maximum Gasteiger partial charge on any atom is 0.261 e. The number of hydrogen-bond donors (Lipinski definition) is 0. The third-order valence-corrected chi connectivity index (χ3v) is 4.75. The summed E-state index contributed by atoms with van der Waals surface area (Å²) in [5, 5.41) is 0. The second-order valence-corrected chi connectivity index (χ2v) is 6.18. The van der Waals surface area contributed by atoms with E-state index in [1.54, 1.807) is 23.1 Å². The van der Waals surface area contributed by atoms with Gasteiger partial charge >= 0.3 is 0 Å². The Bertz CT molecular complexity index is 888. The first-order chi connectivity index (χ1) is 11.6. The van der Waals surface area contributed by atoms with E-state index < -0.39 is 0 Å². The summed E-state index contributed by atoms with van der Waals surface area (Å²) in [5.41, 5.74) is 3.56. The van der Waals surface area contributed by atoms with E-state index in [1.807, 2.05) is 18.2 Å². The van der Waals surface area contributed by atoms with Crippen LogP contribution in [0.15, 0.2) is 42.5 Å². The molecule has 4 rings (SSSR count). The van der Waals surface area contributed by atoms with E-state index in [-0.39, 0.29) is 17.7 Å². The molecule has 0 atom stereocenters. The number of benzene rings is 2. The van der Waals surface area contributed by atoms with Gasteiger partial charge in [0.2, 0.25) is 0 Å². The van der Waals surface area contributed by atoms with Crippen LogP contribution in [0.25, 0.3) is 0 Å². The van der Waals surface area contributed by atoms with Gasteiger partial charge in [-0.1, -0.05) is 24.3 Å². The van der Waals surface area contributed by atoms with Gasteiger partial charge in [-0.25, -0.2) is 0 Å². The van der Waals surface area contributed by atoms with Crippen molar-refractivity contribution in [1.82, 2.24) is 9.80 Å². The highest BCUT2D eigenvalue weighted by Gasteiger charge is 2.33. The standard InChI is InChI=1S/C19H16N2O3/c1-20-18(23)15-7-6-13(10-16(15)19(20)24)17(22)21-9-8-12-4-2-3-5-14(12)11-21/h2-7,10H,8-9,11H2,1H3. The molecule has 2 aliphatic rings. The number of rotatable bonds is 1. The third-order valence-electron chi connectivity index (χ3n) is 4.75. The van der Waals surface area contributed by atoms with E-state index in [0.717, 1.165) is 16.9 Å². The van der Waals surface area contributed by atoms with Crippen molar-refractivity contribution in [3.63, 3.8) is 0 Å². The van der Waals surface area contributed by atoms with Gasteiger partial charge in [-0.05, 0) is 35.7 Å². The van der Waals surface area contributed by atoms with Crippen LogP contribution in [0, 0.1) is 0 Å². The summed E-state index contributed by atoms with van der Waals surface area (Å²) in [6.07, 6.45) is 0.826. The zero-order valence-electron chi connectivity index (χ0n) is 13.3. The minimum atomic E-state index is -0.353. The molecule has 0 N–H and O–H groups in total. The van der Waals surface area contributed by atoms with E-state index in [9.17, 15) is 14.4 Å². The first-order valence-electron chi connectivity index (χ1n) is 7.89. The van der Waals surface area contributed by atoms with Gasteiger partial charge in [-0.2, -0.15) is 0 Å². The number of imide groups is 1. The number of amides is 3. The van der Waals surface area contributed by atoms with Gasteiger partial charge in [0, 0.05) is 25.7 Å². The Hall–Kier alpha value is -2.95. The number of hydrogen-bond acceptors (Lipinski definition) is 3. The lowest BCUT2D eigenvalue weighted by Crippen LogP contribution is -2.36. The monoisotopic (exact) mass is 320 g/mol. The van der Waals surface area contributed by atoms with Crippen molar-refractivity contribution >= 4 is 17.7 Å². The molecule has 0 spiro atoms. The lowest BCUT2D eigenvalue weighted by Gasteiger charge is -2.29. The molecular weight excluding hydrogens is 304 g/mol. The second-order valence-electron chi connectivity index (χ2n) is 6.18. The SMILES string of the molecule is CN1C(=O)c2ccc(C(=O)N3CCc4ccccc4C3)cc2C1=O. The van der Waals surface area contributed by atoms with Gasteiger partial charge in [0.1, 0.15) is 0 Å². The number of carbonyl (C=O) groups is 3. The fourth-order valence-corrected chi connectivity index (χ4v) is 3.35. The normalized spacial score (nSPS) is 16.2. The molecule has 0 saturated heterocycles. The Kier molecular flexibility index (Phi) is 3.23. The summed E-state index contributed by atoms with van der Waals surface area (Å²) >= 11 is 0.